The van der Waals surface area contributed by atoms with Crippen LogP contribution in [0.1, 0.15) is 52.7 Å². The Morgan fingerprint density at radius 2 is 1.81 bits per heavy atom. The highest BCUT2D eigenvalue weighted by Crippen LogP contribution is 2.38. The zero-order valence-electron chi connectivity index (χ0n) is 20.9. The minimum Gasteiger partial charge on any atom is -0.503 e. The predicted octanol–water partition coefficient (Wildman–Crippen LogP) is 4.12. The van der Waals surface area contributed by atoms with Crippen LogP contribution in [0.5, 0.6) is 5.75 Å². The maximum Gasteiger partial charge on any atom is 0.341 e. The maximum atomic E-state index is 13.3. The Morgan fingerprint density at radius 3 is 2.49 bits per heavy atom. The fourth-order valence-electron chi connectivity index (χ4n) is 4.93. The molecule has 5 rings (SSSR count). The molecule has 2 atom stereocenters. The molecule has 1 fully saturated rings. The van der Waals surface area contributed by atoms with Gasteiger partial charge in [-0.25, -0.2) is 4.79 Å². The minimum absolute atomic E-state index is 0.112. The Morgan fingerprint density at radius 1 is 1.08 bits per heavy atom. The molecule has 0 spiro atoms. The van der Waals surface area contributed by atoms with Gasteiger partial charge in [0.15, 0.2) is 11.4 Å². The summed E-state index contributed by atoms with van der Waals surface area (Å²) in [6.45, 7) is 5.28. The van der Waals surface area contributed by atoms with E-state index in [0.717, 1.165) is 23.8 Å². The van der Waals surface area contributed by atoms with Crippen LogP contribution in [0.3, 0.4) is 0 Å². The van der Waals surface area contributed by atoms with Crippen LogP contribution in [0.2, 0.25) is 0 Å². The quantitative estimate of drug-likeness (QED) is 0.611. The summed E-state index contributed by atoms with van der Waals surface area (Å²) in [4.78, 5) is 41.0. The lowest BCUT2D eigenvalue weighted by Crippen LogP contribution is -2.51. The highest BCUT2D eigenvalue weighted by Gasteiger charge is 2.45. The molecule has 3 aliphatic rings. The molecule has 0 bridgehead atoms. The van der Waals surface area contributed by atoms with Gasteiger partial charge in [0.1, 0.15) is 11.7 Å². The van der Waals surface area contributed by atoms with Gasteiger partial charge in [-0.15, -0.1) is 0 Å². The van der Waals surface area contributed by atoms with Crippen LogP contribution in [0, 0.1) is 0 Å². The molecule has 8 heteroatoms. The van der Waals surface area contributed by atoms with Crippen LogP contribution < -0.4 is 5.43 Å². The Kier molecular flexibility index (Phi) is 7.89. The predicted molar refractivity (Wildman–Crippen MR) is 142 cm³/mol. The zero-order valence-corrected chi connectivity index (χ0v) is 20.9. The molecular weight excluding hydrogens is 470 g/mol. The molecule has 2 aromatic rings. The number of nitrogens with zero attached hydrogens (tertiary/aromatic N) is 3. The first kappa shape index (κ1) is 25.9. The fraction of sp³-hybridized carbons (Fsp3) is 0.276. The molecule has 1 aromatic carbocycles. The van der Waals surface area contributed by atoms with Gasteiger partial charge in [0.25, 0.3) is 5.91 Å². The summed E-state index contributed by atoms with van der Waals surface area (Å²) in [7, 11) is 0. The van der Waals surface area contributed by atoms with E-state index in [2.05, 4.69) is 35.3 Å². The number of aromatic nitrogens is 1. The number of carbonyl (C=O) groups excluding carboxylic acids is 1. The lowest BCUT2D eigenvalue weighted by atomic mass is 9.95. The summed E-state index contributed by atoms with van der Waals surface area (Å²) in [5.74, 6) is -2.72. The van der Waals surface area contributed by atoms with Gasteiger partial charge >= 0.3 is 5.97 Å². The normalized spacial score (nSPS) is 19.5. The second-order valence-electron chi connectivity index (χ2n) is 8.95. The number of carbonyl (C=O) groups is 2. The van der Waals surface area contributed by atoms with Crippen LogP contribution >= 0.6 is 0 Å². The van der Waals surface area contributed by atoms with E-state index >= 15 is 0 Å². The van der Waals surface area contributed by atoms with Crippen LogP contribution in [-0.4, -0.2) is 55.7 Å². The van der Waals surface area contributed by atoms with E-state index in [9.17, 15) is 24.6 Å². The molecule has 2 N–H and O–H groups in total. The van der Waals surface area contributed by atoms with Gasteiger partial charge in [-0.3, -0.25) is 14.5 Å². The average Bonchev–Trinajstić information content (AvgIpc) is 3.13. The molecule has 1 aromatic heterocycles. The third-order valence-corrected chi connectivity index (χ3v) is 6.77. The lowest BCUT2D eigenvalue weighted by molar-refractivity contribution is 0.0448. The van der Waals surface area contributed by atoms with E-state index in [-0.39, 0.29) is 24.4 Å². The molecule has 1 saturated heterocycles. The Bertz CT molecular complexity index is 1350. The van der Waals surface area contributed by atoms with Crippen LogP contribution in [0.15, 0.2) is 89.4 Å². The molecule has 3 heterocycles. The molecule has 8 nitrogen and oxygen atoms in total. The molecule has 2 unspecified atom stereocenters. The topological polar surface area (TPSA) is 103 Å². The summed E-state index contributed by atoms with van der Waals surface area (Å²) >= 11 is 0. The first-order valence-corrected chi connectivity index (χ1v) is 12.3. The third-order valence-electron chi connectivity index (χ3n) is 6.77. The number of aromatic carboxylic acids is 1. The number of carboxylic acids is 1. The number of pyridine rings is 1. The summed E-state index contributed by atoms with van der Waals surface area (Å²) < 4.78 is 1.41. The number of benzene rings is 1. The summed E-state index contributed by atoms with van der Waals surface area (Å²) in [6, 6.07) is 9.94. The second kappa shape index (κ2) is 11.3. The van der Waals surface area contributed by atoms with Crippen molar-refractivity contribution in [2.24, 2.45) is 0 Å². The molecule has 37 heavy (non-hydrogen) atoms. The van der Waals surface area contributed by atoms with Crippen molar-refractivity contribution < 1.29 is 19.8 Å². The second-order valence-corrected chi connectivity index (χ2v) is 8.95. The molecule has 1 amide bonds. The van der Waals surface area contributed by atoms with Gasteiger partial charge < -0.3 is 19.7 Å². The molecule has 0 radical (unpaired) electrons. The van der Waals surface area contributed by atoms with Gasteiger partial charge in [-0.2, -0.15) is 0 Å². The van der Waals surface area contributed by atoms with Gasteiger partial charge in [-0.05, 0) is 31.4 Å². The van der Waals surface area contributed by atoms with Crippen molar-refractivity contribution in [3.63, 3.8) is 0 Å². The number of aromatic hydroxyl groups is 1. The molecule has 192 valence electrons. The smallest absolute Gasteiger partial charge is 0.341 e. The number of hydrogen-bond donors (Lipinski definition) is 2. The number of amides is 1. The maximum absolute atomic E-state index is 13.3. The summed E-state index contributed by atoms with van der Waals surface area (Å²) in [5, 5.41) is 19.7. The fourth-order valence-corrected chi connectivity index (χ4v) is 4.93. The van der Waals surface area contributed by atoms with Crippen molar-refractivity contribution in [1.82, 2.24) is 14.4 Å². The first-order valence-electron chi connectivity index (χ1n) is 12.3. The summed E-state index contributed by atoms with van der Waals surface area (Å²) in [5.41, 5.74) is 0.448. The Hall–Kier alpha value is -4.17. The van der Waals surface area contributed by atoms with Crippen LogP contribution in [0.25, 0.3) is 0 Å². The van der Waals surface area contributed by atoms with Crippen molar-refractivity contribution in [1.29, 1.82) is 0 Å². The van der Waals surface area contributed by atoms with Crippen molar-refractivity contribution in [2.75, 3.05) is 13.1 Å². The van der Waals surface area contributed by atoms with Crippen molar-refractivity contribution in [2.45, 2.75) is 39.0 Å². The van der Waals surface area contributed by atoms with Gasteiger partial charge in [0.2, 0.25) is 5.43 Å². The number of rotatable bonds is 4. The van der Waals surface area contributed by atoms with Gasteiger partial charge in [0.05, 0.1) is 12.6 Å². The molecule has 1 aliphatic carbocycles. The van der Waals surface area contributed by atoms with E-state index in [1.165, 1.54) is 4.57 Å². The van der Waals surface area contributed by atoms with Crippen LogP contribution in [-0.2, 0) is 6.54 Å². The molecule has 0 saturated carbocycles. The van der Waals surface area contributed by atoms with E-state index < -0.39 is 28.6 Å². The Balaban J connectivity index is 0.000000747. The van der Waals surface area contributed by atoms with Crippen molar-refractivity contribution in [3.05, 3.63) is 112 Å². The average molecular weight is 502 g/mol. The highest BCUT2D eigenvalue weighted by molar-refractivity contribution is 5.97. The SMILES string of the molecule is CC=CC.O=C(O)c1cn2c(c(O)c1=O)C(=O)N1CCN(C(C3=CCC=CC=C3)c3ccccc3)C1C2. The van der Waals surface area contributed by atoms with Gasteiger partial charge in [-0.1, -0.05) is 72.9 Å². The van der Waals surface area contributed by atoms with Crippen LogP contribution in [0.4, 0.5) is 0 Å². The van der Waals surface area contributed by atoms with E-state index in [1.54, 1.807) is 4.90 Å². The Labute approximate surface area is 215 Å². The number of allylic oxidation sites excluding steroid dienone is 6. The van der Waals surface area contributed by atoms with Gasteiger partial charge in [0, 0.05) is 19.3 Å². The highest BCUT2D eigenvalue weighted by atomic mass is 16.4. The lowest BCUT2D eigenvalue weighted by Gasteiger charge is -2.40. The van der Waals surface area contributed by atoms with E-state index in [0.29, 0.717) is 13.1 Å². The van der Waals surface area contributed by atoms with E-state index in [1.807, 2.05) is 56.4 Å². The largest absolute Gasteiger partial charge is 0.503 e. The van der Waals surface area contributed by atoms with Crippen molar-refractivity contribution in [3.8, 4) is 5.75 Å². The third kappa shape index (κ3) is 5.06. The number of hydrogen-bond acceptors (Lipinski definition) is 5. The number of fused-ring (bicyclic) bond motifs is 2. The summed E-state index contributed by atoms with van der Waals surface area (Å²) in [6.07, 6.45) is 15.9. The van der Waals surface area contributed by atoms with Crippen molar-refractivity contribution >= 4 is 11.9 Å². The van der Waals surface area contributed by atoms with E-state index in [4.69, 9.17) is 0 Å². The standard InChI is InChI=1S/C25H23N3O5.C4H8/c29-22-18(25(32)33)14-26-15-19-27(12-13-28(19)24(31)21(26)23(22)30)20(17-10-6-3-7-11-17)16-8-4-1-2-5-9-16;1-3-4-2/h1-4,6-11,14,19-20,30H,5,12-13,15H2,(H,32,33);3-4H,1-2H3. The number of carboxylic acid groups (broad SMARTS) is 1. The molecular formula is C29H31N3O5. The minimum atomic E-state index is -1.44. The monoisotopic (exact) mass is 501 g/mol. The molecule has 2 aliphatic heterocycles. The first-order chi connectivity index (χ1) is 17.9. The zero-order chi connectivity index (χ0) is 26.5.